The number of hydrogen-bond donors (Lipinski definition) is 1. The Morgan fingerprint density at radius 2 is 2.08 bits per heavy atom. The summed E-state index contributed by atoms with van der Waals surface area (Å²) >= 11 is 0. The van der Waals surface area contributed by atoms with E-state index in [9.17, 15) is 10.1 Å². The predicted molar refractivity (Wildman–Crippen MR) is 103 cm³/mol. The van der Waals surface area contributed by atoms with Gasteiger partial charge in [-0.05, 0) is 55.2 Å². The van der Waals surface area contributed by atoms with Crippen molar-refractivity contribution in [1.29, 1.82) is 5.26 Å². The summed E-state index contributed by atoms with van der Waals surface area (Å²) in [6, 6.07) is 10.4. The highest BCUT2D eigenvalue weighted by Gasteiger charge is 2.28. The predicted octanol–water partition coefficient (Wildman–Crippen LogP) is 5.10. The van der Waals surface area contributed by atoms with Gasteiger partial charge in [-0.1, -0.05) is 49.8 Å². The first-order chi connectivity index (χ1) is 11.9. The number of aromatic amines is 1. The van der Waals surface area contributed by atoms with Crippen molar-refractivity contribution in [3.05, 3.63) is 69.5 Å². The quantitative estimate of drug-likeness (QED) is 0.847. The van der Waals surface area contributed by atoms with Crippen molar-refractivity contribution in [2.24, 2.45) is 0 Å². The highest BCUT2D eigenvalue weighted by Crippen LogP contribution is 2.33. The Kier molecular flexibility index (Phi) is 4.63. The fourth-order valence-electron chi connectivity index (χ4n) is 3.40. The molecule has 1 heterocycles. The molecule has 0 bridgehead atoms. The van der Waals surface area contributed by atoms with Crippen LogP contribution < -0.4 is 5.56 Å². The van der Waals surface area contributed by atoms with E-state index in [1.807, 2.05) is 45.0 Å². The summed E-state index contributed by atoms with van der Waals surface area (Å²) in [5, 5.41) is 10.8. The van der Waals surface area contributed by atoms with E-state index < -0.39 is 5.41 Å². The number of aromatic nitrogens is 1. The van der Waals surface area contributed by atoms with Crippen molar-refractivity contribution in [1.82, 2.24) is 4.98 Å². The van der Waals surface area contributed by atoms with Crippen LogP contribution in [0.25, 0.3) is 10.9 Å². The summed E-state index contributed by atoms with van der Waals surface area (Å²) in [7, 11) is 0. The summed E-state index contributed by atoms with van der Waals surface area (Å²) < 4.78 is 0. The highest BCUT2D eigenvalue weighted by atomic mass is 16.1. The number of benzene rings is 1. The van der Waals surface area contributed by atoms with Gasteiger partial charge < -0.3 is 4.98 Å². The molecular formula is C22H24N2O. The molecule has 1 N–H and O–H groups in total. The molecule has 3 heteroatoms. The average Bonchev–Trinajstić information content (AvgIpc) is 2.61. The number of rotatable bonds is 4. The fourth-order valence-corrected chi connectivity index (χ4v) is 3.40. The van der Waals surface area contributed by atoms with Gasteiger partial charge in [0.2, 0.25) is 0 Å². The summed E-state index contributed by atoms with van der Waals surface area (Å²) in [5.74, 6) is 0.183. The Hall–Kier alpha value is -2.60. The van der Waals surface area contributed by atoms with Gasteiger partial charge in [-0.25, -0.2) is 0 Å². The molecular weight excluding hydrogens is 308 g/mol. The van der Waals surface area contributed by atoms with E-state index in [1.165, 1.54) is 5.57 Å². The lowest BCUT2D eigenvalue weighted by Crippen LogP contribution is -2.21. The van der Waals surface area contributed by atoms with Crippen LogP contribution in [-0.4, -0.2) is 4.98 Å². The average molecular weight is 332 g/mol. The monoisotopic (exact) mass is 332 g/mol. The Bertz CT molecular complexity index is 956. The van der Waals surface area contributed by atoms with E-state index in [2.05, 4.69) is 29.3 Å². The van der Waals surface area contributed by atoms with Crippen LogP contribution in [0.1, 0.15) is 57.1 Å². The van der Waals surface area contributed by atoms with Gasteiger partial charge in [0.15, 0.2) is 0 Å². The molecule has 1 aromatic carbocycles. The Balaban J connectivity index is 2.03. The summed E-state index contributed by atoms with van der Waals surface area (Å²) in [5.41, 5.74) is 3.07. The third-order valence-corrected chi connectivity index (χ3v) is 5.01. The number of hydrogen-bond acceptors (Lipinski definition) is 2. The zero-order valence-corrected chi connectivity index (χ0v) is 15.1. The van der Waals surface area contributed by atoms with Crippen LogP contribution in [0.2, 0.25) is 0 Å². The smallest absolute Gasteiger partial charge is 0.251 e. The summed E-state index contributed by atoms with van der Waals surface area (Å²) in [4.78, 5) is 15.3. The van der Waals surface area contributed by atoms with E-state index in [4.69, 9.17) is 0 Å². The van der Waals surface area contributed by atoms with Crippen molar-refractivity contribution < 1.29 is 0 Å². The first-order valence-corrected chi connectivity index (χ1v) is 8.87. The lowest BCUT2D eigenvalue weighted by atomic mass is 9.77. The van der Waals surface area contributed by atoms with E-state index in [0.29, 0.717) is 6.42 Å². The molecule has 1 aliphatic carbocycles. The molecule has 0 saturated heterocycles. The number of nitrogens with one attached hydrogen (secondary N) is 1. The molecule has 3 nitrogen and oxygen atoms in total. The Morgan fingerprint density at radius 1 is 1.28 bits per heavy atom. The van der Waals surface area contributed by atoms with E-state index >= 15 is 0 Å². The molecule has 3 rings (SSSR count). The Morgan fingerprint density at radius 3 is 2.72 bits per heavy atom. The maximum atomic E-state index is 12.3. The van der Waals surface area contributed by atoms with E-state index in [0.717, 1.165) is 34.9 Å². The molecule has 0 saturated carbocycles. The van der Waals surface area contributed by atoms with Crippen LogP contribution in [-0.2, 0) is 5.41 Å². The number of H-pyrrole nitrogens is 1. The molecule has 1 aromatic heterocycles. The SMILES string of the molecule is CC(C)c1cc2ccc(C(C)(C#N)CC3=CCCC=C3)cc2[nH]c1=O. The van der Waals surface area contributed by atoms with E-state index in [1.54, 1.807) is 0 Å². The molecule has 0 amide bonds. The van der Waals surface area contributed by atoms with Crippen LogP contribution in [0.4, 0.5) is 0 Å². The third-order valence-electron chi connectivity index (χ3n) is 5.01. The van der Waals surface area contributed by atoms with Gasteiger partial charge in [0.25, 0.3) is 5.56 Å². The van der Waals surface area contributed by atoms with Crippen molar-refractivity contribution in [3.63, 3.8) is 0 Å². The fraction of sp³-hybridized carbons (Fsp3) is 0.364. The Labute approximate surface area is 148 Å². The summed E-state index contributed by atoms with van der Waals surface area (Å²) in [6.07, 6.45) is 9.29. The second-order valence-corrected chi connectivity index (χ2v) is 7.39. The zero-order valence-electron chi connectivity index (χ0n) is 15.1. The summed E-state index contributed by atoms with van der Waals surface area (Å²) in [6.45, 7) is 6.00. The first kappa shape index (κ1) is 17.2. The number of nitriles is 1. The van der Waals surface area contributed by atoms with Crippen LogP contribution in [0, 0.1) is 11.3 Å². The van der Waals surface area contributed by atoms with Gasteiger partial charge in [0.05, 0.1) is 11.5 Å². The maximum Gasteiger partial charge on any atom is 0.251 e. The van der Waals surface area contributed by atoms with Gasteiger partial charge in [0, 0.05) is 11.1 Å². The van der Waals surface area contributed by atoms with Crippen molar-refractivity contribution >= 4 is 10.9 Å². The van der Waals surface area contributed by atoms with Gasteiger partial charge in [-0.2, -0.15) is 5.26 Å². The molecule has 25 heavy (non-hydrogen) atoms. The normalized spacial score (nSPS) is 16.5. The van der Waals surface area contributed by atoms with Crippen molar-refractivity contribution in [2.75, 3.05) is 0 Å². The lowest BCUT2D eigenvalue weighted by molar-refractivity contribution is 0.606. The first-order valence-electron chi connectivity index (χ1n) is 8.87. The van der Waals surface area contributed by atoms with Crippen molar-refractivity contribution in [2.45, 2.75) is 51.4 Å². The zero-order chi connectivity index (χ0) is 18.0. The molecule has 1 atom stereocenters. The second-order valence-electron chi connectivity index (χ2n) is 7.39. The minimum Gasteiger partial charge on any atom is -0.322 e. The highest BCUT2D eigenvalue weighted by molar-refractivity contribution is 5.80. The molecule has 0 aliphatic heterocycles. The molecule has 1 unspecified atom stereocenters. The number of nitrogens with zero attached hydrogens (tertiary/aromatic N) is 1. The topological polar surface area (TPSA) is 56.6 Å². The van der Waals surface area contributed by atoms with Gasteiger partial charge in [-0.3, -0.25) is 4.79 Å². The van der Waals surface area contributed by atoms with Crippen molar-refractivity contribution in [3.8, 4) is 6.07 Å². The number of fused-ring (bicyclic) bond motifs is 1. The van der Waals surface area contributed by atoms with Gasteiger partial charge in [-0.15, -0.1) is 0 Å². The number of allylic oxidation sites excluding steroid dienone is 4. The van der Waals surface area contributed by atoms with E-state index in [-0.39, 0.29) is 11.5 Å². The van der Waals surface area contributed by atoms with Gasteiger partial charge in [0.1, 0.15) is 0 Å². The minimum absolute atomic E-state index is 0.0452. The standard InChI is InChI=1S/C22H24N2O/c1-15(2)19-11-17-9-10-18(12-20(17)24-21(19)25)22(3,14-23)13-16-7-5-4-6-8-16/h5,7-12,15H,4,6,13H2,1-3H3,(H,24,25). The van der Waals surface area contributed by atoms with Gasteiger partial charge >= 0.3 is 0 Å². The minimum atomic E-state index is -0.616. The molecule has 1 aliphatic rings. The molecule has 0 radical (unpaired) electrons. The molecule has 2 aromatic rings. The van der Waals surface area contributed by atoms with Crippen LogP contribution in [0.15, 0.2) is 52.9 Å². The third kappa shape index (κ3) is 3.44. The molecule has 128 valence electrons. The van der Waals surface area contributed by atoms with Crippen LogP contribution in [0.3, 0.4) is 0 Å². The molecule has 0 spiro atoms. The molecule has 0 fully saturated rings. The number of pyridine rings is 1. The second kappa shape index (κ2) is 6.72. The lowest BCUT2D eigenvalue weighted by Gasteiger charge is -2.24. The van der Waals surface area contributed by atoms with Crippen LogP contribution >= 0.6 is 0 Å². The largest absolute Gasteiger partial charge is 0.322 e. The van der Waals surface area contributed by atoms with Crippen LogP contribution in [0.5, 0.6) is 0 Å². The maximum absolute atomic E-state index is 12.3.